The molecule has 0 saturated carbocycles. The molecular formula is C13H17N3O3S. The first-order valence-corrected chi connectivity index (χ1v) is 7.12. The molecule has 1 saturated heterocycles. The fourth-order valence-corrected chi connectivity index (χ4v) is 3.45. The van der Waals surface area contributed by atoms with Gasteiger partial charge in [0.1, 0.15) is 21.5 Å². The van der Waals surface area contributed by atoms with Crippen molar-refractivity contribution in [1.29, 1.82) is 5.26 Å². The van der Waals surface area contributed by atoms with Crippen LogP contribution in [0, 0.1) is 11.3 Å². The van der Waals surface area contributed by atoms with Gasteiger partial charge in [0, 0.05) is 20.2 Å². The van der Waals surface area contributed by atoms with Gasteiger partial charge in [-0.3, -0.25) is 0 Å². The van der Waals surface area contributed by atoms with E-state index in [9.17, 15) is 10.1 Å². The number of hydrogen-bond donors (Lipinski definition) is 1. The lowest BCUT2D eigenvalue weighted by atomic mass is 10.1. The Balaban J connectivity index is 2.36. The number of thiophene rings is 1. The van der Waals surface area contributed by atoms with E-state index in [1.54, 1.807) is 7.11 Å². The highest BCUT2D eigenvalue weighted by atomic mass is 32.1. The van der Waals surface area contributed by atoms with E-state index in [0.717, 1.165) is 24.4 Å². The summed E-state index contributed by atoms with van der Waals surface area (Å²) in [5, 5.41) is 10.0. The minimum atomic E-state index is -0.504. The van der Waals surface area contributed by atoms with Gasteiger partial charge < -0.3 is 20.1 Å². The molecular weight excluding hydrogens is 278 g/mol. The predicted octanol–water partition coefficient (Wildman–Crippen LogP) is 1.60. The fourth-order valence-electron chi connectivity index (χ4n) is 2.32. The molecule has 2 rings (SSSR count). The molecule has 1 aliphatic rings. The SMILES string of the molecule is COC(=O)c1sc(N2CCCC(OC)C2)c(C#N)c1N. The largest absolute Gasteiger partial charge is 0.465 e. The van der Waals surface area contributed by atoms with Gasteiger partial charge in [-0.05, 0) is 12.8 Å². The maximum absolute atomic E-state index is 11.7. The lowest BCUT2D eigenvalue weighted by molar-refractivity contribution is 0.0607. The van der Waals surface area contributed by atoms with E-state index in [1.807, 2.05) is 0 Å². The third-order valence-electron chi connectivity index (χ3n) is 3.41. The van der Waals surface area contributed by atoms with E-state index in [4.69, 9.17) is 15.2 Å². The Labute approximate surface area is 121 Å². The Hall–Kier alpha value is -1.78. The molecule has 108 valence electrons. The lowest BCUT2D eigenvalue weighted by Gasteiger charge is -2.32. The van der Waals surface area contributed by atoms with Crippen molar-refractivity contribution < 1.29 is 14.3 Å². The molecule has 0 amide bonds. The molecule has 2 heterocycles. The molecule has 7 heteroatoms. The van der Waals surface area contributed by atoms with Crippen LogP contribution in [0.3, 0.4) is 0 Å². The molecule has 1 atom stereocenters. The molecule has 1 fully saturated rings. The number of methoxy groups -OCH3 is 2. The Kier molecular flexibility index (Phi) is 4.47. The number of nitriles is 1. The smallest absolute Gasteiger partial charge is 0.350 e. The van der Waals surface area contributed by atoms with Crippen molar-refractivity contribution in [2.75, 3.05) is 37.9 Å². The third-order valence-corrected chi connectivity index (χ3v) is 4.65. The van der Waals surface area contributed by atoms with Crippen LogP contribution in [0.2, 0.25) is 0 Å². The van der Waals surface area contributed by atoms with E-state index in [1.165, 1.54) is 18.4 Å². The van der Waals surface area contributed by atoms with E-state index in [2.05, 4.69) is 11.0 Å². The van der Waals surface area contributed by atoms with Crippen molar-refractivity contribution in [1.82, 2.24) is 0 Å². The van der Waals surface area contributed by atoms with Crippen LogP contribution in [0.4, 0.5) is 10.7 Å². The number of ether oxygens (including phenoxy) is 2. The molecule has 6 nitrogen and oxygen atoms in total. The molecule has 1 aromatic rings. The molecule has 1 unspecified atom stereocenters. The number of piperidine rings is 1. The lowest BCUT2D eigenvalue weighted by Crippen LogP contribution is -2.39. The molecule has 1 aromatic heterocycles. The molecule has 0 spiro atoms. The number of hydrogen-bond acceptors (Lipinski definition) is 7. The van der Waals surface area contributed by atoms with Gasteiger partial charge in [0.25, 0.3) is 0 Å². The molecule has 0 radical (unpaired) electrons. The number of nitrogens with zero attached hydrogens (tertiary/aromatic N) is 2. The number of rotatable bonds is 3. The molecule has 1 aliphatic heterocycles. The zero-order valence-electron chi connectivity index (χ0n) is 11.5. The summed E-state index contributed by atoms with van der Waals surface area (Å²) >= 11 is 1.21. The minimum Gasteiger partial charge on any atom is -0.465 e. The van der Waals surface area contributed by atoms with Gasteiger partial charge in [0.05, 0.1) is 18.9 Å². The predicted molar refractivity (Wildman–Crippen MR) is 77.0 cm³/mol. The van der Waals surface area contributed by atoms with Crippen molar-refractivity contribution in [3.63, 3.8) is 0 Å². The number of esters is 1. The molecule has 2 N–H and O–H groups in total. The van der Waals surface area contributed by atoms with E-state index >= 15 is 0 Å². The van der Waals surface area contributed by atoms with E-state index in [0.29, 0.717) is 17.0 Å². The number of nitrogen functional groups attached to an aromatic ring is 1. The summed E-state index contributed by atoms with van der Waals surface area (Å²) in [4.78, 5) is 14.0. The number of anilines is 2. The summed E-state index contributed by atoms with van der Waals surface area (Å²) in [6.45, 7) is 1.53. The van der Waals surface area contributed by atoms with E-state index in [-0.39, 0.29) is 11.8 Å². The second-order valence-corrected chi connectivity index (χ2v) is 5.57. The topological polar surface area (TPSA) is 88.6 Å². The summed E-state index contributed by atoms with van der Waals surface area (Å²) in [5.74, 6) is -0.504. The molecule has 0 bridgehead atoms. The highest BCUT2D eigenvalue weighted by Crippen LogP contribution is 2.39. The monoisotopic (exact) mass is 295 g/mol. The van der Waals surface area contributed by atoms with Gasteiger partial charge in [0.2, 0.25) is 0 Å². The van der Waals surface area contributed by atoms with Gasteiger partial charge >= 0.3 is 5.97 Å². The first-order chi connectivity index (χ1) is 9.62. The van der Waals surface area contributed by atoms with Crippen molar-refractivity contribution in [3.05, 3.63) is 10.4 Å². The fraction of sp³-hybridized carbons (Fsp3) is 0.538. The van der Waals surface area contributed by atoms with Crippen LogP contribution in [-0.2, 0) is 9.47 Å². The highest BCUT2D eigenvalue weighted by molar-refractivity contribution is 7.18. The van der Waals surface area contributed by atoms with E-state index < -0.39 is 5.97 Å². The van der Waals surface area contributed by atoms with Crippen LogP contribution in [0.15, 0.2) is 0 Å². The standard InChI is InChI=1S/C13H17N3O3S/c1-18-8-4-3-5-16(7-8)12-9(6-14)10(15)11(20-12)13(17)19-2/h8H,3-5,7,15H2,1-2H3. The third kappa shape index (κ3) is 2.57. The summed E-state index contributed by atoms with van der Waals surface area (Å²) in [6, 6.07) is 2.09. The molecule has 20 heavy (non-hydrogen) atoms. The number of carbonyl (C=O) groups excluding carboxylic acids is 1. The average Bonchev–Trinajstić information content (AvgIpc) is 2.83. The normalized spacial score (nSPS) is 18.6. The maximum atomic E-state index is 11.7. The second kappa shape index (κ2) is 6.11. The zero-order chi connectivity index (χ0) is 14.7. The average molecular weight is 295 g/mol. The van der Waals surface area contributed by atoms with Gasteiger partial charge in [0.15, 0.2) is 0 Å². The number of nitrogens with two attached hydrogens (primary N) is 1. The van der Waals surface area contributed by atoms with Gasteiger partial charge in [-0.1, -0.05) is 0 Å². The first-order valence-electron chi connectivity index (χ1n) is 6.30. The van der Waals surface area contributed by atoms with Crippen molar-refractivity contribution in [3.8, 4) is 6.07 Å². The molecule has 0 aromatic carbocycles. The quantitative estimate of drug-likeness (QED) is 0.852. The summed E-state index contributed by atoms with van der Waals surface area (Å²) in [7, 11) is 2.98. The van der Waals surface area contributed by atoms with Crippen molar-refractivity contribution in [2.45, 2.75) is 18.9 Å². The Morgan fingerprint density at radius 2 is 2.30 bits per heavy atom. The Morgan fingerprint density at radius 1 is 1.55 bits per heavy atom. The van der Waals surface area contributed by atoms with Gasteiger partial charge in [-0.15, -0.1) is 11.3 Å². The van der Waals surface area contributed by atoms with Crippen molar-refractivity contribution >= 4 is 28.0 Å². The first kappa shape index (κ1) is 14.6. The summed E-state index contributed by atoms with van der Waals surface area (Å²) in [6.07, 6.45) is 2.12. The zero-order valence-corrected chi connectivity index (χ0v) is 12.3. The maximum Gasteiger partial charge on any atom is 0.350 e. The van der Waals surface area contributed by atoms with Crippen LogP contribution in [0.25, 0.3) is 0 Å². The Morgan fingerprint density at radius 3 is 2.90 bits per heavy atom. The van der Waals surface area contributed by atoms with Crippen molar-refractivity contribution in [2.24, 2.45) is 0 Å². The minimum absolute atomic E-state index is 0.139. The summed E-state index contributed by atoms with van der Waals surface area (Å²) in [5.41, 5.74) is 6.46. The van der Waals surface area contributed by atoms with Gasteiger partial charge in [-0.2, -0.15) is 5.26 Å². The van der Waals surface area contributed by atoms with Crippen LogP contribution < -0.4 is 10.6 Å². The highest BCUT2D eigenvalue weighted by Gasteiger charge is 2.28. The number of carbonyl (C=O) groups is 1. The van der Waals surface area contributed by atoms with Gasteiger partial charge in [-0.25, -0.2) is 4.79 Å². The summed E-state index contributed by atoms with van der Waals surface area (Å²) < 4.78 is 10.1. The Bertz CT molecular complexity index is 550. The molecule has 0 aliphatic carbocycles. The second-order valence-electron chi connectivity index (χ2n) is 4.57. The van der Waals surface area contributed by atoms with Crippen LogP contribution >= 0.6 is 11.3 Å². The van der Waals surface area contributed by atoms with Crippen LogP contribution in [0.1, 0.15) is 28.1 Å². The van der Waals surface area contributed by atoms with Crippen LogP contribution in [-0.4, -0.2) is 39.4 Å². The van der Waals surface area contributed by atoms with Crippen LogP contribution in [0.5, 0.6) is 0 Å².